The molecule has 8 heteroatoms. The standard InChI is InChI=1S/C10H11N7S/c1-5-12-2-6(18-5)3-13-8-7-9(15-4-14-7)17-10(11)16-8/h2,4H,3H2,1H3,(H4,11,13,14,15,16,17). The quantitative estimate of drug-likeness (QED) is 0.656. The Labute approximate surface area is 107 Å². The fourth-order valence-corrected chi connectivity index (χ4v) is 2.37. The van der Waals surface area contributed by atoms with Crippen molar-refractivity contribution in [3.05, 3.63) is 22.4 Å². The topological polar surface area (TPSA) is 105 Å². The van der Waals surface area contributed by atoms with Crippen molar-refractivity contribution < 1.29 is 0 Å². The zero-order chi connectivity index (χ0) is 12.5. The molecule has 0 aromatic carbocycles. The summed E-state index contributed by atoms with van der Waals surface area (Å²) in [4.78, 5) is 20.6. The van der Waals surface area contributed by atoms with Crippen LogP contribution in [-0.2, 0) is 6.54 Å². The summed E-state index contributed by atoms with van der Waals surface area (Å²) in [6.07, 6.45) is 3.42. The lowest BCUT2D eigenvalue weighted by atomic mass is 10.4. The Morgan fingerprint density at radius 1 is 1.39 bits per heavy atom. The molecule has 3 aromatic heterocycles. The highest BCUT2D eigenvalue weighted by Gasteiger charge is 2.08. The van der Waals surface area contributed by atoms with E-state index in [2.05, 4.69) is 30.2 Å². The van der Waals surface area contributed by atoms with Gasteiger partial charge in [-0.1, -0.05) is 0 Å². The first kappa shape index (κ1) is 10.9. The van der Waals surface area contributed by atoms with E-state index in [-0.39, 0.29) is 5.95 Å². The van der Waals surface area contributed by atoms with E-state index in [1.54, 1.807) is 17.7 Å². The summed E-state index contributed by atoms with van der Waals surface area (Å²) < 4.78 is 0. The summed E-state index contributed by atoms with van der Waals surface area (Å²) in [5, 5.41) is 4.25. The first-order valence-electron chi connectivity index (χ1n) is 5.34. The van der Waals surface area contributed by atoms with Gasteiger partial charge in [-0.15, -0.1) is 11.3 Å². The molecule has 4 N–H and O–H groups in total. The number of nitrogens with two attached hydrogens (primary N) is 1. The van der Waals surface area contributed by atoms with Gasteiger partial charge in [0.1, 0.15) is 5.52 Å². The molecule has 3 heterocycles. The van der Waals surface area contributed by atoms with Crippen molar-refractivity contribution in [1.29, 1.82) is 0 Å². The molecule has 18 heavy (non-hydrogen) atoms. The number of fused-ring (bicyclic) bond motifs is 1. The molecule has 3 rings (SSSR count). The van der Waals surface area contributed by atoms with Crippen LogP contribution in [0.5, 0.6) is 0 Å². The highest BCUT2D eigenvalue weighted by atomic mass is 32.1. The van der Waals surface area contributed by atoms with Crippen molar-refractivity contribution in [2.45, 2.75) is 13.5 Å². The number of imidazole rings is 1. The minimum Gasteiger partial charge on any atom is -0.368 e. The zero-order valence-corrected chi connectivity index (χ0v) is 10.5. The normalized spacial score (nSPS) is 10.9. The molecule has 0 amide bonds. The third kappa shape index (κ3) is 1.97. The highest BCUT2D eigenvalue weighted by Crippen LogP contribution is 2.19. The Morgan fingerprint density at radius 3 is 3.06 bits per heavy atom. The second kappa shape index (κ2) is 4.22. The van der Waals surface area contributed by atoms with Crippen LogP contribution in [-0.4, -0.2) is 24.9 Å². The Morgan fingerprint density at radius 2 is 2.28 bits per heavy atom. The third-order valence-electron chi connectivity index (χ3n) is 2.40. The second-order valence-corrected chi connectivity index (χ2v) is 5.05. The lowest BCUT2D eigenvalue weighted by molar-refractivity contribution is 1.12. The van der Waals surface area contributed by atoms with Gasteiger partial charge in [0.05, 0.1) is 17.9 Å². The number of anilines is 2. The number of hydrogen-bond donors (Lipinski definition) is 3. The lowest BCUT2D eigenvalue weighted by Gasteiger charge is -2.04. The largest absolute Gasteiger partial charge is 0.368 e. The van der Waals surface area contributed by atoms with Crippen LogP contribution < -0.4 is 11.1 Å². The summed E-state index contributed by atoms with van der Waals surface area (Å²) in [5.74, 6) is 0.860. The summed E-state index contributed by atoms with van der Waals surface area (Å²) in [5.41, 5.74) is 6.95. The summed E-state index contributed by atoms with van der Waals surface area (Å²) in [7, 11) is 0. The maximum Gasteiger partial charge on any atom is 0.224 e. The van der Waals surface area contributed by atoms with Gasteiger partial charge in [-0.3, -0.25) is 0 Å². The number of thiazole rings is 1. The first-order valence-corrected chi connectivity index (χ1v) is 6.16. The Balaban J connectivity index is 1.87. The van der Waals surface area contributed by atoms with E-state index >= 15 is 0 Å². The fraction of sp³-hybridized carbons (Fsp3) is 0.200. The number of nitrogens with zero attached hydrogens (tertiary/aromatic N) is 4. The summed E-state index contributed by atoms with van der Waals surface area (Å²) >= 11 is 1.64. The van der Waals surface area contributed by atoms with Gasteiger partial charge >= 0.3 is 0 Å². The minimum absolute atomic E-state index is 0.206. The van der Waals surface area contributed by atoms with Gasteiger partial charge in [-0.05, 0) is 6.92 Å². The van der Waals surface area contributed by atoms with Crippen LogP contribution in [0.3, 0.4) is 0 Å². The van der Waals surface area contributed by atoms with E-state index < -0.39 is 0 Å². The van der Waals surface area contributed by atoms with Gasteiger partial charge in [0.15, 0.2) is 11.5 Å². The Bertz CT molecular complexity index is 686. The van der Waals surface area contributed by atoms with Gasteiger partial charge in [0.25, 0.3) is 0 Å². The molecule has 0 atom stereocenters. The van der Waals surface area contributed by atoms with Crippen LogP contribution in [0.1, 0.15) is 9.88 Å². The summed E-state index contributed by atoms with van der Waals surface area (Å²) in [6, 6.07) is 0. The zero-order valence-electron chi connectivity index (χ0n) is 9.64. The second-order valence-electron chi connectivity index (χ2n) is 3.73. The molecule has 0 aliphatic heterocycles. The lowest BCUT2D eigenvalue weighted by Crippen LogP contribution is -2.04. The van der Waals surface area contributed by atoms with E-state index in [4.69, 9.17) is 5.73 Å². The van der Waals surface area contributed by atoms with Gasteiger partial charge in [-0.25, -0.2) is 9.97 Å². The number of nitrogens with one attached hydrogen (secondary N) is 2. The molecule has 0 aliphatic carbocycles. The number of aryl methyl sites for hydroxylation is 1. The van der Waals surface area contributed by atoms with Crippen LogP contribution in [0, 0.1) is 6.92 Å². The van der Waals surface area contributed by atoms with Crippen LogP contribution in [0.25, 0.3) is 11.2 Å². The molecule has 0 spiro atoms. The first-order chi connectivity index (χ1) is 8.72. The molecule has 0 bridgehead atoms. The predicted octanol–water partition coefficient (Wildman–Crippen LogP) is 1.31. The predicted molar refractivity (Wildman–Crippen MR) is 70.3 cm³/mol. The number of aromatic amines is 1. The molecule has 0 radical (unpaired) electrons. The van der Waals surface area contributed by atoms with E-state index in [1.165, 1.54) is 0 Å². The maximum atomic E-state index is 5.63. The Kier molecular flexibility index (Phi) is 2.56. The molecule has 0 aliphatic rings. The van der Waals surface area contributed by atoms with E-state index in [0.29, 0.717) is 18.0 Å². The SMILES string of the molecule is Cc1ncc(CNc2nc(N)nc3nc[nH]c23)s1. The van der Waals surface area contributed by atoms with Gasteiger partial charge in [0, 0.05) is 11.1 Å². The van der Waals surface area contributed by atoms with Gasteiger partial charge in [-0.2, -0.15) is 9.97 Å². The minimum atomic E-state index is 0.206. The van der Waals surface area contributed by atoms with Crippen molar-refractivity contribution >= 4 is 34.3 Å². The van der Waals surface area contributed by atoms with Gasteiger partial charge in [0.2, 0.25) is 5.95 Å². The van der Waals surface area contributed by atoms with Crippen molar-refractivity contribution in [1.82, 2.24) is 24.9 Å². The number of rotatable bonds is 3. The third-order valence-corrected chi connectivity index (χ3v) is 3.31. The fourth-order valence-electron chi connectivity index (χ4n) is 1.64. The molecule has 3 aromatic rings. The summed E-state index contributed by atoms with van der Waals surface area (Å²) in [6.45, 7) is 2.63. The van der Waals surface area contributed by atoms with Gasteiger partial charge < -0.3 is 16.0 Å². The van der Waals surface area contributed by atoms with Crippen LogP contribution >= 0.6 is 11.3 Å². The molecular weight excluding hydrogens is 250 g/mol. The van der Waals surface area contributed by atoms with Crippen molar-refractivity contribution in [3.8, 4) is 0 Å². The number of hydrogen-bond acceptors (Lipinski definition) is 7. The molecule has 0 unspecified atom stereocenters. The monoisotopic (exact) mass is 261 g/mol. The van der Waals surface area contributed by atoms with Crippen LogP contribution in [0.4, 0.5) is 11.8 Å². The molecule has 0 fully saturated rings. The Hall–Kier alpha value is -2.22. The van der Waals surface area contributed by atoms with E-state index in [9.17, 15) is 0 Å². The van der Waals surface area contributed by atoms with Crippen molar-refractivity contribution in [3.63, 3.8) is 0 Å². The van der Waals surface area contributed by atoms with E-state index in [1.807, 2.05) is 13.1 Å². The molecule has 0 saturated heterocycles. The molecular formula is C10H11N7S. The maximum absolute atomic E-state index is 5.63. The highest BCUT2D eigenvalue weighted by molar-refractivity contribution is 7.11. The van der Waals surface area contributed by atoms with Crippen molar-refractivity contribution in [2.24, 2.45) is 0 Å². The smallest absolute Gasteiger partial charge is 0.224 e. The number of aromatic nitrogens is 5. The average Bonchev–Trinajstić information content (AvgIpc) is 2.94. The molecule has 92 valence electrons. The molecule has 7 nitrogen and oxygen atoms in total. The van der Waals surface area contributed by atoms with E-state index in [0.717, 1.165) is 15.4 Å². The molecule has 0 saturated carbocycles. The number of H-pyrrole nitrogens is 1. The van der Waals surface area contributed by atoms with Crippen LogP contribution in [0.15, 0.2) is 12.5 Å². The van der Waals surface area contributed by atoms with Crippen LogP contribution in [0.2, 0.25) is 0 Å². The van der Waals surface area contributed by atoms with Crippen molar-refractivity contribution in [2.75, 3.05) is 11.1 Å². The average molecular weight is 261 g/mol. The number of nitrogen functional groups attached to an aromatic ring is 1.